The highest BCUT2D eigenvalue weighted by atomic mass is 79.9. The maximum atomic E-state index is 10.8. The van der Waals surface area contributed by atoms with Crippen LogP contribution in [0.1, 0.15) is 5.69 Å². The summed E-state index contributed by atoms with van der Waals surface area (Å²) in [5, 5.41) is 9.42. The average molecular weight is 218 g/mol. The van der Waals surface area contributed by atoms with Crippen LogP contribution in [-0.2, 0) is 4.79 Å². The van der Waals surface area contributed by atoms with Gasteiger partial charge in [-0.3, -0.25) is 9.89 Å². The highest BCUT2D eigenvalue weighted by molar-refractivity contribution is 9.09. The first kappa shape index (κ1) is 8.26. The van der Waals surface area contributed by atoms with Crippen LogP contribution in [0.3, 0.4) is 0 Å². The van der Waals surface area contributed by atoms with Gasteiger partial charge in [0.05, 0.1) is 5.33 Å². The number of aryl methyl sites for hydroxylation is 1. The molecule has 0 fully saturated rings. The fraction of sp³-hybridized carbons (Fsp3) is 0.333. The van der Waals surface area contributed by atoms with E-state index < -0.39 is 0 Å². The lowest BCUT2D eigenvalue weighted by atomic mass is 10.5. The maximum absolute atomic E-state index is 10.8. The molecule has 0 atom stereocenters. The SMILES string of the molecule is Cc1cc(NC(=O)CBr)n[nH]1. The van der Waals surface area contributed by atoms with Gasteiger partial charge in [0.2, 0.25) is 5.91 Å². The van der Waals surface area contributed by atoms with Crippen LogP contribution in [-0.4, -0.2) is 21.4 Å². The molecule has 0 aliphatic heterocycles. The van der Waals surface area contributed by atoms with Crippen LogP contribution in [0.15, 0.2) is 6.07 Å². The molecular weight excluding hydrogens is 210 g/mol. The number of carbonyl (C=O) groups is 1. The van der Waals surface area contributed by atoms with Gasteiger partial charge in [-0.25, -0.2) is 0 Å². The predicted octanol–water partition coefficient (Wildman–Crippen LogP) is 1.05. The van der Waals surface area contributed by atoms with Crippen molar-refractivity contribution in [1.82, 2.24) is 10.2 Å². The first-order chi connectivity index (χ1) is 5.22. The van der Waals surface area contributed by atoms with Gasteiger partial charge in [0.25, 0.3) is 0 Å². The van der Waals surface area contributed by atoms with Gasteiger partial charge in [0.15, 0.2) is 5.82 Å². The highest BCUT2D eigenvalue weighted by Crippen LogP contribution is 2.03. The summed E-state index contributed by atoms with van der Waals surface area (Å²) < 4.78 is 0. The van der Waals surface area contributed by atoms with Crippen molar-refractivity contribution in [2.75, 3.05) is 10.6 Å². The van der Waals surface area contributed by atoms with Gasteiger partial charge >= 0.3 is 0 Å². The summed E-state index contributed by atoms with van der Waals surface area (Å²) >= 11 is 3.03. The molecule has 1 rings (SSSR count). The number of amides is 1. The fourth-order valence-corrected chi connectivity index (χ4v) is 0.799. The van der Waals surface area contributed by atoms with Crippen molar-refractivity contribution in [3.63, 3.8) is 0 Å². The van der Waals surface area contributed by atoms with Gasteiger partial charge in [0, 0.05) is 11.8 Å². The number of anilines is 1. The molecule has 0 aromatic carbocycles. The normalized spacial score (nSPS) is 9.64. The van der Waals surface area contributed by atoms with Crippen molar-refractivity contribution in [3.05, 3.63) is 11.8 Å². The van der Waals surface area contributed by atoms with Crippen LogP contribution in [0.4, 0.5) is 5.82 Å². The quantitative estimate of drug-likeness (QED) is 0.729. The Morgan fingerprint density at radius 3 is 3.09 bits per heavy atom. The molecule has 11 heavy (non-hydrogen) atoms. The summed E-state index contributed by atoms with van der Waals surface area (Å²) in [7, 11) is 0. The van der Waals surface area contributed by atoms with Crippen molar-refractivity contribution < 1.29 is 4.79 Å². The molecular formula is C6H8BrN3O. The number of H-pyrrole nitrogens is 1. The van der Waals surface area contributed by atoms with Crippen LogP contribution in [0.25, 0.3) is 0 Å². The van der Waals surface area contributed by atoms with Crippen LogP contribution < -0.4 is 5.32 Å². The molecule has 1 heterocycles. The summed E-state index contributed by atoms with van der Waals surface area (Å²) in [6.45, 7) is 1.87. The second-order valence-electron chi connectivity index (χ2n) is 2.12. The van der Waals surface area contributed by atoms with Crippen LogP contribution in [0, 0.1) is 6.92 Å². The van der Waals surface area contributed by atoms with Crippen molar-refractivity contribution in [3.8, 4) is 0 Å². The molecule has 2 N–H and O–H groups in total. The number of rotatable bonds is 2. The molecule has 0 radical (unpaired) electrons. The zero-order chi connectivity index (χ0) is 8.27. The van der Waals surface area contributed by atoms with E-state index in [1.165, 1.54) is 0 Å². The number of aromatic amines is 1. The third kappa shape index (κ3) is 2.34. The molecule has 0 spiro atoms. The average Bonchev–Trinajstić information content (AvgIpc) is 2.35. The zero-order valence-electron chi connectivity index (χ0n) is 6.02. The topological polar surface area (TPSA) is 57.8 Å². The highest BCUT2D eigenvalue weighted by Gasteiger charge is 2.01. The molecule has 60 valence electrons. The van der Waals surface area contributed by atoms with E-state index in [1.807, 2.05) is 6.92 Å². The molecule has 0 unspecified atom stereocenters. The van der Waals surface area contributed by atoms with E-state index in [4.69, 9.17) is 0 Å². The van der Waals surface area contributed by atoms with Gasteiger partial charge in [-0.05, 0) is 6.92 Å². The number of carbonyl (C=O) groups excluding carboxylic acids is 1. The molecule has 0 bridgehead atoms. The van der Waals surface area contributed by atoms with Gasteiger partial charge in [-0.15, -0.1) is 0 Å². The number of hydrogen-bond acceptors (Lipinski definition) is 2. The van der Waals surface area contributed by atoms with Gasteiger partial charge in [-0.1, -0.05) is 15.9 Å². The molecule has 0 saturated heterocycles. The van der Waals surface area contributed by atoms with E-state index >= 15 is 0 Å². The number of alkyl halides is 1. The largest absolute Gasteiger partial charge is 0.308 e. The summed E-state index contributed by atoms with van der Waals surface area (Å²) in [5.74, 6) is 0.462. The third-order valence-corrected chi connectivity index (χ3v) is 1.60. The first-order valence-corrected chi connectivity index (χ1v) is 4.22. The van der Waals surface area contributed by atoms with Gasteiger partial charge in [-0.2, -0.15) is 5.10 Å². The van der Waals surface area contributed by atoms with Crippen molar-refractivity contribution >= 4 is 27.7 Å². The van der Waals surface area contributed by atoms with Crippen molar-refractivity contribution in [1.29, 1.82) is 0 Å². The van der Waals surface area contributed by atoms with Crippen molar-refractivity contribution in [2.24, 2.45) is 0 Å². The van der Waals surface area contributed by atoms with Gasteiger partial charge in [0.1, 0.15) is 0 Å². The monoisotopic (exact) mass is 217 g/mol. The zero-order valence-corrected chi connectivity index (χ0v) is 7.60. The Balaban J connectivity index is 2.57. The molecule has 0 saturated carbocycles. The molecule has 4 nitrogen and oxygen atoms in total. The summed E-state index contributed by atoms with van der Waals surface area (Å²) in [5.41, 5.74) is 0.926. The maximum Gasteiger partial charge on any atom is 0.236 e. The summed E-state index contributed by atoms with van der Waals surface area (Å²) in [4.78, 5) is 10.8. The number of hydrogen-bond donors (Lipinski definition) is 2. The minimum absolute atomic E-state index is 0.100. The van der Waals surface area contributed by atoms with Crippen LogP contribution in [0.2, 0.25) is 0 Å². The summed E-state index contributed by atoms with van der Waals surface area (Å²) in [6, 6.07) is 1.76. The lowest BCUT2D eigenvalue weighted by Gasteiger charge is -1.94. The number of aromatic nitrogens is 2. The predicted molar refractivity (Wildman–Crippen MR) is 45.7 cm³/mol. The molecule has 0 aliphatic rings. The molecule has 1 amide bonds. The number of nitrogens with one attached hydrogen (secondary N) is 2. The lowest BCUT2D eigenvalue weighted by Crippen LogP contribution is -2.12. The lowest BCUT2D eigenvalue weighted by molar-refractivity contribution is -0.113. The Hall–Kier alpha value is -0.840. The van der Waals surface area contributed by atoms with Gasteiger partial charge < -0.3 is 5.32 Å². The van der Waals surface area contributed by atoms with Crippen molar-refractivity contribution in [2.45, 2.75) is 6.92 Å². The summed E-state index contributed by atoms with van der Waals surface area (Å²) in [6.07, 6.45) is 0. The molecule has 0 aliphatic carbocycles. The Labute approximate surface area is 72.5 Å². The van der Waals surface area contributed by atoms with E-state index in [0.29, 0.717) is 11.1 Å². The minimum atomic E-state index is -0.100. The Morgan fingerprint density at radius 2 is 2.64 bits per heavy atom. The second-order valence-corrected chi connectivity index (χ2v) is 2.68. The van der Waals surface area contributed by atoms with E-state index in [0.717, 1.165) is 5.69 Å². The van der Waals surface area contributed by atoms with E-state index in [9.17, 15) is 4.79 Å². The number of nitrogens with zero attached hydrogens (tertiary/aromatic N) is 1. The Bertz CT molecular complexity index is 258. The van der Waals surface area contributed by atoms with E-state index in [-0.39, 0.29) is 5.91 Å². The second kappa shape index (κ2) is 3.52. The first-order valence-electron chi connectivity index (χ1n) is 3.10. The molecule has 1 aromatic rings. The van der Waals surface area contributed by atoms with E-state index in [2.05, 4.69) is 31.4 Å². The van der Waals surface area contributed by atoms with Crippen LogP contribution >= 0.6 is 15.9 Å². The van der Waals surface area contributed by atoms with E-state index in [1.54, 1.807) is 6.07 Å². The smallest absolute Gasteiger partial charge is 0.236 e. The Kier molecular flexibility index (Phi) is 2.64. The molecule has 1 aromatic heterocycles. The standard InChI is InChI=1S/C6H8BrN3O/c1-4-2-5(10-9-4)8-6(11)3-7/h2H,3H2,1H3,(H2,8,9,10,11). The van der Waals surface area contributed by atoms with Crippen LogP contribution in [0.5, 0.6) is 0 Å². The fourth-order valence-electron chi connectivity index (χ4n) is 0.658. The Morgan fingerprint density at radius 1 is 1.91 bits per heavy atom. The number of halogens is 1. The minimum Gasteiger partial charge on any atom is -0.308 e. The third-order valence-electron chi connectivity index (χ3n) is 1.09. The molecule has 5 heteroatoms.